The minimum Gasteiger partial charge on any atom is -0.377 e. The minimum atomic E-state index is -0.180. The highest BCUT2D eigenvalue weighted by atomic mass is 19.1. The number of hydrogen-bond donors (Lipinski definition) is 1. The third-order valence-electron chi connectivity index (χ3n) is 3.68. The maximum atomic E-state index is 13.6. The van der Waals surface area contributed by atoms with Crippen molar-refractivity contribution in [1.29, 1.82) is 0 Å². The summed E-state index contributed by atoms with van der Waals surface area (Å²) in [5.41, 5.74) is 2.05. The Morgan fingerprint density at radius 1 is 1.40 bits per heavy atom. The highest BCUT2D eigenvalue weighted by Gasteiger charge is 2.31. The fraction of sp³-hybridized carbons (Fsp3) is 0.625. The molecule has 0 unspecified atom stereocenters. The van der Waals surface area contributed by atoms with E-state index in [-0.39, 0.29) is 11.4 Å². The van der Waals surface area contributed by atoms with Crippen LogP contribution in [-0.4, -0.2) is 31.3 Å². The predicted octanol–water partition coefficient (Wildman–Crippen LogP) is 2.94. The quantitative estimate of drug-likeness (QED) is 0.917. The van der Waals surface area contributed by atoms with Gasteiger partial charge in [-0.2, -0.15) is 0 Å². The number of nitrogens with one attached hydrogen (secondary N) is 1. The first kappa shape index (κ1) is 15.3. The Bertz CT molecular complexity index is 460. The first-order valence-corrected chi connectivity index (χ1v) is 7.27. The number of morpholine rings is 1. The number of nitrogens with zero attached hydrogens (tertiary/aromatic N) is 1. The van der Waals surface area contributed by atoms with Crippen LogP contribution in [0.2, 0.25) is 0 Å². The summed E-state index contributed by atoms with van der Waals surface area (Å²) in [5, 5.41) is 3.37. The molecule has 0 atom stereocenters. The van der Waals surface area contributed by atoms with Crippen LogP contribution in [-0.2, 0) is 11.3 Å². The molecule has 0 aromatic heterocycles. The molecule has 1 saturated heterocycles. The van der Waals surface area contributed by atoms with Gasteiger partial charge in [-0.15, -0.1) is 0 Å². The molecule has 1 aliphatic rings. The molecule has 1 heterocycles. The van der Waals surface area contributed by atoms with E-state index in [0.29, 0.717) is 19.2 Å². The van der Waals surface area contributed by atoms with Gasteiger partial charge in [0.25, 0.3) is 0 Å². The van der Waals surface area contributed by atoms with Gasteiger partial charge in [-0.1, -0.05) is 13.8 Å². The number of benzene rings is 1. The molecule has 1 aliphatic heterocycles. The molecule has 0 saturated carbocycles. The second kappa shape index (κ2) is 6.10. The van der Waals surface area contributed by atoms with E-state index in [1.165, 1.54) is 0 Å². The summed E-state index contributed by atoms with van der Waals surface area (Å²) < 4.78 is 19.1. The van der Waals surface area contributed by atoms with Crippen LogP contribution >= 0.6 is 0 Å². The Morgan fingerprint density at radius 2 is 2.15 bits per heavy atom. The fourth-order valence-electron chi connectivity index (χ4n) is 2.58. The standard InChI is InChI=1S/C16H25FN2O/c1-12(2)18-10-13-9-14(17)5-6-15(13)19-7-8-20-11-16(19,3)4/h5-6,9,12,18H,7-8,10-11H2,1-4H3. The lowest BCUT2D eigenvalue weighted by Crippen LogP contribution is -2.53. The first-order valence-electron chi connectivity index (χ1n) is 7.27. The monoisotopic (exact) mass is 280 g/mol. The molecule has 4 heteroatoms. The average molecular weight is 280 g/mol. The van der Waals surface area contributed by atoms with Gasteiger partial charge in [-0.3, -0.25) is 0 Å². The largest absolute Gasteiger partial charge is 0.377 e. The normalized spacial score (nSPS) is 18.6. The zero-order chi connectivity index (χ0) is 14.8. The molecule has 1 fully saturated rings. The van der Waals surface area contributed by atoms with Gasteiger partial charge in [-0.25, -0.2) is 4.39 Å². The number of rotatable bonds is 4. The van der Waals surface area contributed by atoms with Gasteiger partial charge in [0, 0.05) is 24.8 Å². The summed E-state index contributed by atoms with van der Waals surface area (Å²) >= 11 is 0. The van der Waals surface area contributed by atoms with Crippen molar-refractivity contribution in [2.75, 3.05) is 24.7 Å². The molecule has 1 N–H and O–H groups in total. The van der Waals surface area contributed by atoms with Gasteiger partial charge in [0.15, 0.2) is 0 Å². The number of halogens is 1. The van der Waals surface area contributed by atoms with Crippen molar-refractivity contribution in [2.24, 2.45) is 0 Å². The van der Waals surface area contributed by atoms with E-state index in [4.69, 9.17) is 4.74 Å². The molecular weight excluding hydrogens is 255 g/mol. The van der Waals surface area contributed by atoms with Gasteiger partial charge >= 0.3 is 0 Å². The number of anilines is 1. The number of ether oxygens (including phenoxy) is 1. The summed E-state index contributed by atoms with van der Waals surface area (Å²) in [4.78, 5) is 2.33. The topological polar surface area (TPSA) is 24.5 Å². The van der Waals surface area contributed by atoms with Crippen LogP contribution in [0, 0.1) is 5.82 Å². The molecular formula is C16H25FN2O. The van der Waals surface area contributed by atoms with Gasteiger partial charge in [0.2, 0.25) is 0 Å². The highest BCUT2D eigenvalue weighted by Crippen LogP contribution is 2.30. The molecule has 112 valence electrons. The van der Waals surface area contributed by atoms with Gasteiger partial charge < -0.3 is 15.0 Å². The second-order valence-corrected chi connectivity index (χ2v) is 6.33. The lowest BCUT2D eigenvalue weighted by molar-refractivity contribution is 0.0643. The molecule has 1 aromatic carbocycles. The van der Waals surface area contributed by atoms with Crippen molar-refractivity contribution in [2.45, 2.75) is 45.8 Å². The number of hydrogen-bond acceptors (Lipinski definition) is 3. The summed E-state index contributed by atoms with van der Waals surface area (Å²) in [5.74, 6) is -0.180. The van der Waals surface area contributed by atoms with E-state index in [0.717, 1.165) is 24.4 Å². The third kappa shape index (κ3) is 3.49. The van der Waals surface area contributed by atoms with Crippen LogP contribution in [0.15, 0.2) is 18.2 Å². The SMILES string of the molecule is CC(C)NCc1cc(F)ccc1N1CCOCC1(C)C. The Hall–Kier alpha value is -1.13. The van der Waals surface area contributed by atoms with E-state index in [2.05, 4.69) is 37.9 Å². The maximum Gasteiger partial charge on any atom is 0.123 e. The van der Waals surface area contributed by atoms with Gasteiger partial charge in [0.05, 0.1) is 18.8 Å². The highest BCUT2D eigenvalue weighted by molar-refractivity contribution is 5.56. The van der Waals surface area contributed by atoms with Crippen molar-refractivity contribution in [3.8, 4) is 0 Å². The van der Waals surface area contributed by atoms with Crippen molar-refractivity contribution in [3.05, 3.63) is 29.6 Å². The lowest BCUT2D eigenvalue weighted by atomic mass is 9.99. The average Bonchev–Trinajstić information content (AvgIpc) is 2.37. The lowest BCUT2D eigenvalue weighted by Gasteiger charge is -2.44. The Labute approximate surface area is 121 Å². The van der Waals surface area contributed by atoms with Gasteiger partial charge in [-0.05, 0) is 37.6 Å². The summed E-state index contributed by atoms with van der Waals surface area (Å²) in [6.07, 6.45) is 0. The maximum absolute atomic E-state index is 13.6. The van der Waals surface area contributed by atoms with Crippen LogP contribution < -0.4 is 10.2 Å². The summed E-state index contributed by atoms with van der Waals surface area (Å²) in [6, 6.07) is 5.44. The molecule has 0 aliphatic carbocycles. The zero-order valence-corrected chi connectivity index (χ0v) is 12.9. The Kier molecular flexibility index (Phi) is 4.66. The summed E-state index contributed by atoms with van der Waals surface area (Å²) in [6.45, 7) is 11.4. The van der Waals surface area contributed by atoms with E-state index in [9.17, 15) is 4.39 Å². The van der Waals surface area contributed by atoms with Crippen molar-refractivity contribution in [1.82, 2.24) is 5.32 Å². The van der Waals surface area contributed by atoms with Crippen LogP contribution in [0.1, 0.15) is 33.3 Å². The van der Waals surface area contributed by atoms with Crippen molar-refractivity contribution >= 4 is 5.69 Å². The fourth-order valence-corrected chi connectivity index (χ4v) is 2.58. The minimum absolute atomic E-state index is 0.0668. The predicted molar refractivity (Wildman–Crippen MR) is 80.6 cm³/mol. The van der Waals surface area contributed by atoms with E-state index >= 15 is 0 Å². The molecule has 1 aromatic rings. The molecule has 0 spiro atoms. The van der Waals surface area contributed by atoms with Crippen LogP contribution in [0.5, 0.6) is 0 Å². The van der Waals surface area contributed by atoms with Crippen LogP contribution in [0.4, 0.5) is 10.1 Å². The van der Waals surface area contributed by atoms with E-state index in [1.807, 2.05) is 6.07 Å². The van der Waals surface area contributed by atoms with Crippen LogP contribution in [0.25, 0.3) is 0 Å². The van der Waals surface area contributed by atoms with Crippen LogP contribution in [0.3, 0.4) is 0 Å². The molecule has 3 nitrogen and oxygen atoms in total. The third-order valence-corrected chi connectivity index (χ3v) is 3.68. The van der Waals surface area contributed by atoms with Crippen molar-refractivity contribution in [3.63, 3.8) is 0 Å². The molecule has 2 rings (SSSR count). The smallest absolute Gasteiger partial charge is 0.123 e. The molecule has 20 heavy (non-hydrogen) atoms. The van der Waals surface area contributed by atoms with Crippen molar-refractivity contribution < 1.29 is 9.13 Å². The van der Waals surface area contributed by atoms with E-state index < -0.39 is 0 Å². The molecule has 0 radical (unpaired) electrons. The van der Waals surface area contributed by atoms with E-state index in [1.54, 1.807) is 12.1 Å². The molecule has 0 bridgehead atoms. The molecule has 0 amide bonds. The Balaban J connectivity index is 2.29. The van der Waals surface area contributed by atoms with Gasteiger partial charge in [0.1, 0.15) is 5.82 Å². The first-order chi connectivity index (χ1) is 9.40. The summed E-state index contributed by atoms with van der Waals surface area (Å²) in [7, 11) is 0. The Morgan fingerprint density at radius 3 is 2.80 bits per heavy atom. The second-order valence-electron chi connectivity index (χ2n) is 6.33. The zero-order valence-electron chi connectivity index (χ0n) is 12.9.